The van der Waals surface area contributed by atoms with Gasteiger partial charge >= 0.3 is 0 Å². The molecular weight excluding hydrogens is 148 g/mol. The van der Waals surface area contributed by atoms with Crippen LogP contribution < -0.4 is 5.32 Å². The Balaban J connectivity index is 3.70. The van der Waals surface area contributed by atoms with Gasteiger partial charge in [0, 0.05) is 12.1 Å². The quantitative estimate of drug-likeness (QED) is 0.656. The molecule has 2 heteroatoms. The minimum absolute atomic E-state index is 0.249. The van der Waals surface area contributed by atoms with E-state index in [2.05, 4.69) is 45.0 Å². The van der Waals surface area contributed by atoms with E-state index in [4.69, 9.17) is 0 Å². The molecule has 0 atom stereocenters. The minimum atomic E-state index is 0.249. The monoisotopic (exact) mass is 172 g/mol. The summed E-state index contributed by atoms with van der Waals surface area (Å²) in [4.78, 5) is 2.38. The fourth-order valence-electron chi connectivity index (χ4n) is 1.67. The maximum absolute atomic E-state index is 3.47. The van der Waals surface area contributed by atoms with Crippen LogP contribution in [0.25, 0.3) is 0 Å². The van der Waals surface area contributed by atoms with Crippen molar-refractivity contribution in [2.75, 3.05) is 26.7 Å². The van der Waals surface area contributed by atoms with Gasteiger partial charge in [0.25, 0.3) is 0 Å². The maximum Gasteiger partial charge on any atom is 0.0251 e. The third kappa shape index (κ3) is 5.56. The Hall–Kier alpha value is -0.0800. The van der Waals surface area contributed by atoms with Crippen molar-refractivity contribution in [1.29, 1.82) is 0 Å². The lowest BCUT2D eigenvalue weighted by atomic mass is 10.1. The van der Waals surface area contributed by atoms with Gasteiger partial charge in [-0.2, -0.15) is 0 Å². The molecule has 74 valence electrons. The zero-order valence-corrected chi connectivity index (χ0v) is 9.28. The molecule has 0 heterocycles. The molecule has 0 fully saturated rings. The van der Waals surface area contributed by atoms with Gasteiger partial charge in [0.2, 0.25) is 0 Å². The van der Waals surface area contributed by atoms with Crippen molar-refractivity contribution in [2.24, 2.45) is 0 Å². The Morgan fingerprint density at radius 3 is 2.25 bits per heavy atom. The van der Waals surface area contributed by atoms with Gasteiger partial charge in [-0.3, -0.25) is 0 Å². The van der Waals surface area contributed by atoms with E-state index in [9.17, 15) is 0 Å². The fourth-order valence-corrected chi connectivity index (χ4v) is 1.67. The summed E-state index contributed by atoms with van der Waals surface area (Å²) in [5, 5.41) is 3.47. The van der Waals surface area contributed by atoms with Gasteiger partial charge in [0.15, 0.2) is 0 Å². The van der Waals surface area contributed by atoms with Gasteiger partial charge in [0.1, 0.15) is 0 Å². The van der Waals surface area contributed by atoms with Crippen LogP contribution in [-0.4, -0.2) is 37.1 Å². The van der Waals surface area contributed by atoms with E-state index < -0.39 is 0 Å². The van der Waals surface area contributed by atoms with Gasteiger partial charge in [-0.25, -0.2) is 0 Å². The second-order valence-corrected chi connectivity index (χ2v) is 4.15. The van der Waals surface area contributed by atoms with Crippen molar-refractivity contribution in [1.82, 2.24) is 10.2 Å². The van der Waals surface area contributed by atoms with Crippen molar-refractivity contribution >= 4 is 0 Å². The topological polar surface area (TPSA) is 15.3 Å². The average Bonchev–Trinajstić information content (AvgIpc) is 1.85. The van der Waals surface area contributed by atoms with Crippen molar-refractivity contribution in [2.45, 2.75) is 39.7 Å². The highest BCUT2D eigenvalue weighted by atomic mass is 15.1. The lowest BCUT2D eigenvalue weighted by molar-refractivity contribution is 0.238. The number of hydrogen-bond acceptors (Lipinski definition) is 2. The fraction of sp³-hybridized carbons (Fsp3) is 1.00. The SMILES string of the molecule is CCCN(C)CC(C)(C)NCC. The van der Waals surface area contributed by atoms with Crippen LogP contribution >= 0.6 is 0 Å². The minimum Gasteiger partial charge on any atom is -0.311 e. The molecule has 1 N–H and O–H groups in total. The molecule has 0 aliphatic heterocycles. The molecule has 0 saturated carbocycles. The van der Waals surface area contributed by atoms with E-state index in [0.29, 0.717) is 0 Å². The summed E-state index contributed by atoms with van der Waals surface area (Å²) < 4.78 is 0. The van der Waals surface area contributed by atoms with Crippen LogP contribution in [0.2, 0.25) is 0 Å². The molecule has 0 bridgehead atoms. The van der Waals surface area contributed by atoms with Crippen LogP contribution in [0.3, 0.4) is 0 Å². The molecule has 0 aromatic heterocycles. The second-order valence-electron chi connectivity index (χ2n) is 4.15. The lowest BCUT2D eigenvalue weighted by Crippen LogP contribution is -2.48. The summed E-state index contributed by atoms with van der Waals surface area (Å²) in [6, 6.07) is 0. The standard InChI is InChI=1S/C10H24N2/c1-6-8-12(5)9-10(3,4)11-7-2/h11H,6-9H2,1-5H3. The summed E-state index contributed by atoms with van der Waals surface area (Å²) in [6.45, 7) is 12.2. The molecule has 0 spiro atoms. The predicted molar refractivity (Wildman–Crippen MR) is 55.5 cm³/mol. The first-order valence-electron chi connectivity index (χ1n) is 4.95. The lowest BCUT2D eigenvalue weighted by Gasteiger charge is -2.30. The van der Waals surface area contributed by atoms with Crippen LogP contribution in [0.4, 0.5) is 0 Å². The summed E-state index contributed by atoms with van der Waals surface area (Å²) in [5.74, 6) is 0. The van der Waals surface area contributed by atoms with Gasteiger partial charge in [-0.05, 0) is 40.4 Å². The van der Waals surface area contributed by atoms with Crippen LogP contribution in [0.5, 0.6) is 0 Å². The molecule has 0 aliphatic carbocycles. The third-order valence-electron chi connectivity index (χ3n) is 1.93. The number of nitrogens with one attached hydrogen (secondary N) is 1. The van der Waals surface area contributed by atoms with Crippen LogP contribution in [0.15, 0.2) is 0 Å². The largest absolute Gasteiger partial charge is 0.311 e. The van der Waals surface area contributed by atoms with Gasteiger partial charge in [-0.15, -0.1) is 0 Å². The summed E-state index contributed by atoms with van der Waals surface area (Å²) in [5.41, 5.74) is 0.249. The molecule has 0 rings (SSSR count). The van der Waals surface area contributed by atoms with Crippen LogP contribution in [0, 0.1) is 0 Å². The highest BCUT2D eigenvalue weighted by Crippen LogP contribution is 2.03. The molecule has 0 amide bonds. The molecule has 0 aliphatic rings. The zero-order chi connectivity index (χ0) is 9.61. The first kappa shape index (κ1) is 11.9. The van der Waals surface area contributed by atoms with Crippen molar-refractivity contribution in [3.63, 3.8) is 0 Å². The molecular formula is C10H24N2. The van der Waals surface area contributed by atoms with E-state index in [0.717, 1.165) is 13.1 Å². The highest BCUT2D eigenvalue weighted by Gasteiger charge is 2.17. The number of likely N-dealkylation sites (N-methyl/N-ethyl adjacent to an activating group) is 2. The van der Waals surface area contributed by atoms with Crippen LogP contribution in [-0.2, 0) is 0 Å². The Morgan fingerprint density at radius 1 is 1.25 bits per heavy atom. The number of hydrogen-bond donors (Lipinski definition) is 1. The maximum atomic E-state index is 3.47. The Bertz CT molecular complexity index is 110. The normalized spacial score (nSPS) is 12.5. The smallest absolute Gasteiger partial charge is 0.0251 e. The first-order chi connectivity index (χ1) is 5.52. The molecule has 0 aromatic rings. The molecule has 0 saturated heterocycles. The van der Waals surface area contributed by atoms with E-state index in [1.54, 1.807) is 0 Å². The Labute approximate surface area is 77.3 Å². The van der Waals surface area contributed by atoms with E-state index in [1.807, 2.05) is 0 Å². The third-order valence-corrected chi connectivity index (χ3v) is 1.93. The number of nitrogens with zero attached hydrogens (tertiary/aromatic N) is 1. The van der Waals surface area contributed by atoms with Crippen molar-refractivity contribution in [3.05, 3.63) is 0 Å². The molecule has 0 radical (unpaired) electrons. The van der Waals surface area contributed by atoms with E-state index >= 15 is 0 Å². The molecule has 0 aromatic carbocycles. The Kier molecular flexibility index (Phi) is 5.51. The summed E-state index contributed by atoms with van der Waals surface area (Å²) in [7, 11) is 2.18. The molecule has 0 unspecified atom stereocenters. The second kappa shape index (κ2) is 5.55. The molecule has 2 nitrogen and oxygen atoms in total. The predicted octanol–water partition coefficient (Wildman–Crippen LogP) is 1.72. The van der Waals surface area contributed by atoms with Crippen molar-refractivity contribution in [3.8, 4) is 0 Å². The Morgan fingerprint density at radius 2 is 1.83 bits per heavy atom. The zero-order valence-electron chi connectivity index (χ0n) is 9.28. The molecule has 12 heavy (non-hydrogen) atoms. The summed E-state index contributed by atoms with van der Waals surface area (Å²) >= 11 is 0. The number of rotatable bonds is 6. The van der Waals surface area contributed by atoms with Crippen molar-refractivity contribution < 1.29 is 0 Å². The average molecular weight is 172 g/mol. The highest BCUT2D eigenvalue weighted by molar-refractivity contribution is 4.79. The first-order valence-corrected chi connectivity index (χ1v) is 4.95. The van der Waals surface area contributed by atoms with Gasteiger partial charge in [0.05, 0.1) is 0 Å². The van der Waals surface area contributed by atoms with Crippen LogP contribution in [0.1, 0.15) is 34.1 Å². The van der Waals surface area contributed by atoms with E-state index in [-0.39, 0.29) is 5.54 Å². The van der Waals surface area contributed by atoms with Gasteiger partial charge in [-0.1, -0.05) is 13.8 Å². The van der Waals surface area contributed by atoms with Gasteiger partial charge < -0.3 is 10.2 Å². The van der Waals surface area contributed by atoms with E-state index in [1.165, 1.54) is 13.0 Å². The summed E-state index contributed by atoms with van der Waals surface area (Å²) in [6.07, 6.45) is 1.23.